The van der Waals surface area contributed by atoms with Crippen molar-refractivity contribution in [2.45, 2.75) is 43.7 Å². The number of anilines is 2. The normalized spacial score (nSPS) is 15.6. The van der Waals surface area contributed by atoms with E-state index in [9.17, 15) is 27.9 Å². The minimum Gasteiger partial charge on any atom is -0.508 e. The number of carbonyl (C=O) groups excluding carboxylic acids is 3. The molecule has 2 unspecified atom stereocenters. The summed E-state index contributed by atoms with van der Waals surface area (Å²) in [5.74, 6) is -2.12. The Labute approximate surface area is 237 Å². The minimum absolute atomic E-state index is 0.0402. The molecular formula is C28H28ClN3O7S. The Hall–Kier alpha value is -4.09. The Balaban J connectivity index is 1.68. The van der Waals surface area contributed by atoms with E-state index in [0.29, 0.717) is 21.7 Å². The summed E-state index contributed by atoms with van der Waals surface area (Å²) in [6, 6.07) is 12.8. The number of nitrogens with one attached hydrogen (secondary N) is 2. The lowest BCUT2D eigenvalue weighted by molar-refractivity contribution is -0.145. The highest BCUT2D eigenvalue weighted by Gasteiger charge is 2.43. The maximum Gasteiger partial charge on any atom is 0.328 e. The summed E-state index contributed by atoms with van der Waals surface area (Å²) < 4.78 is 34.0. The van der Waals surface area contributed by atoms with Crippen LogP contribution in [0, 0.1) is 13.8 Å². The lowest BCUT2D eigenvalue weighted by Crippen LogP contribution is -2.54. The average Bonchev–Trinajstić information content (AvgIpc) is 2.91. The molecule has 0 fully saturated rings. The van der Waals surface area contributed by atoms with E-state index in [1.165, 1.54) is 37.4 Å². The number of methoxy groups -OCH3 is 1. The van der Waals surface area contributed by atoms with Gasteiger partial charge in [0.15, 0.2) is 0 Å². The molecule has 0 saturated heterocycles. The summed E-state index contributed by atoms with van der Waals surface area (Å²) in [6.07, 6.45) is -0.530. The summed E-state index contributed by atoms with van der Waals surface area (Å²) >= 11 is 6.20. The fourth-order valence-electron chi connectivity index (χ4n) is 4.51. The van der Waals surface area contributed by atoms with Crippen LogP contribution in [0.15, 0.2) is 65.6 Å². The van der Waals surface area contributed by atoms with E-state index in [0.717, 1.165) is 4.31 Å². The molecule has 1 heterocycles. The second-order valence-electron chi connectivity index (χ2n) is 9.41. The number of hydrogen-bond acceptors (Lipinski definition) is 7. The molecule has 2 amide bonds. The number of fused-ring (bicyclic) bond motifs is 1. The largest absolute Gasteiger partial charge is 0.508 e. The number of ether oxygens (including phenoxy) is 1. The van der Waals surface area contributed by atoms with Gasteiger partial charge in [0.2, 0.25) is 11.8 Å². The van der Waals surface area contributed by atoms with Crippen molar-refractivity contribution in [2.24, 2.45) is 0 Å². The van der Waals surface area contributed by atoms with Crippen LogP contribution in [0.3, 0.4) is 0 Å². The van der Waals surface area contributed by atoms with Crippen LogP contribution in [0.25, 0.3) is 0 Å². The number of rotatable bonds is 8. The van der Waals surface area contributed by atoms with Gasteiger partial charge < -0.3 is 20.5 Å². The van der Waals surface area contributed by atoms with Crippen molar-refractivity contribution >= 4 is 50.8 Å². The van der Waals surface area contributed by atoms with Crippen molar-refractivity contribution in [1.29, 1.82) is 0 Å². The van der Waals surface area contributed by atoms with Gasteiger partial charge in [-0.3, -0.25) is 13.9 Å². The summed E-state index contributed by atoms with van der Waals surface area (Å²) in [7, 11) is -3.18. The minimum atomic E-state index is -4.36. The van der Waals surface area contributed by atoms with Gasteiger partial charge in [0, 0.05) is 11.4 Å². The summed E-state index contributed by atoms with van der Waals surface area (Å²) in [6.45, 7) is 3.27. The molecule has 3 aromatic rings. The standard InChI is InChI=1S/C28H28ClN3O7S/c1-16-13-25(17(2)12-20(16)29)40(37,38)32-23-7-5-4-6-21(23)31-27(35)24(32)15-26(34)30-22(28(36)39-3)14-18-8-10-19(33)11-9-18/h4-13,22,24,33H,14-15H2,1-3H3,(H,30,34)(H,31,35). The highest BCUT2D eigenvalue weighted by Crippen LogP contribution is 2.38. The van der Waals surface area contributed by atoms with Gasteiger partial charge in [-0.05, 0) is 66.9 Å². The van der Waals surface area contributed by atoms with Crippen LogP contribution in [0.2, 0.25) is 5.02 Å². The molecule has 3 N–H and O–H groups in total. The second kappa shape index (κ2) is 11.6. The van der Waals surface area contributed by atoms with E-state index in [1.807, 2.05) is 0 Å². The van der Waals surface area contributed by atoms with E-state index >= 15 is 0 Å². The maximum absolute atomic E-state index is 14.1. The number of benzene rings is 3. The van der Waals surface area contributed by atoms with E-state index < -0.39 is 46.3 Å². The Bertz CT molecular complexity index is 1580. The zero-order chi connectivity index (χ0) is 29.2. The zero-order valence-electron chi connectivity index (χ0n) is 22.0. The molecule has 0 aromatic heterocycles. The second-order valence-corrected chi connectivity index (χ2v) is 11.6. The van der Waals surface area contributed by atoms with Crippen molar-refractivity contribution in [2.75, 3.05) is 16.7 Å². The number of phenols is 1. The molecular weight excluding hydrogens is 558 g/mol. The van der Waals surface area contributed by atoms with Crippen molar-refractivity contribution in [3.8, 4) is 5.75 Å². The molecule has 1 aliphatic heterocycles. The number of hydrogen-bond donors (Lipinski definition) is 3. The molecule has 10 nitrogen and oxygen atoms in total. The Morgan fingerprint density at radius 2 is 1.77 bits per heavy atom. The SMILES string of the molecule is COC(=O)C(Cc1ccc(O)cc1)NC(=O)CC1C(=O)Nc2ccccc2N1S(=O)(=O)c1cc(C)c(Cl)cc1C. The number of nitrogens with zero attached hydrogens (tertiary/aromatic N) is 1. The van der Waals surface area contributed by atoms with Crippen LogP contribution in [-0.2, 0) is 35.6 Å². The molecule has 0 saturated carbocycles. The summed E-state index contributed by atoms with van der Waals surface area (Å²) in [5.41, 5.74) is 2.01. The average molecular weight is 586 g/mol. The number of halogens is 1. The topological polar surface area (TPSA) is 142 Å². The molecule has 2 atom stereocenters. The van der Waals surface area contributed by atoms with Crippen LogP contribution in [0.4, 0.5) is 11.4 Å². The molecule has 40 heavy (non-hydrogen) atoms. The Morgan fingerprint density at radius 1 is 1.10 bits per heavy atom. The molecule has 210 valence electrons. The third-order valence-corrected chi connectivity index (χ3v) is 8.93. The summed E-state index contributed by atoms with van der Waals surface area (Å²) in [5, 5.41) is 15.2. The molecule has 12 heteroatoms. The van der Waals surface area contributed by atoms with Crippen molar-refractivity contribution in [3.63, 3.8) is 0 Å². The van der Waals surface area contributed by atoms with Crippen molar-refractivity contribution in [1.82, 2.24) is 5.32 Å². The van der Waals surface area contributed by atoms with Crippen LogP contribution in [-0.4, -0.2) is 50.5 Å². The number of aromatic hydroxyl groups is 1. The number of amides is 2. The van der Waals surface area contributed by atoms with Crippen LogP contribution in [0.5, 0.6) is 5.75 Å². The van der Waals surface area contributed by atoms with Crippen molar-refractivity contribution < 1.29 is 32.6 Å². The third-order valence-electron chi connectivity index (χ3n) is 6.55. The number of esters is 1. The summed E-state index contributed by atoms with van der Waals surface area (Å²) in [4.78, 5) is 38.9. The first-order valence-corrected chi connectivity index (χ1v) is 14.1. The van der Waals surface area contributed by atoms with Gasteiger partial charge in [0.1, 0.15) is 17.8 Å². The van der Waals surface area contributed by atoms with Crippen LogP contribution < -0.4 is 14.9 Å². The number of phenolic OH excluding ortho intramolecular Hbond substituents is 1. The highest BCUT2D eigenvalue weighted by molar-refractivity contribution is 7.93. The van der Waals surface area contributed by atoms with Gasteiger partial charge in [-0.2, -0.15) is 0 Å². The van der Waals surface area contributed by atoms with Gasteiger partial charge in [0.25, 0.3) is 10.0 Å². The number of para-hydroxylation sites is 2. The first kappa shape index (κ1) is 28.9. The lowest BCUT2D eigenvalue weighted by atomic mass is 10.0. The monoisotopic (exact) mass is 585 g/mol. The van der Waals surface area contributed by atoms with E-state index in [1.54, 1.807) is 44.2 Å². The van der Waals surface area contributed by atoms with Gasteiger partial charge in [-0.15, -0.1) is 0 Å². The molecule has 0 spiro atoms. The van der Waals surface area contributed by atoms with Gasteiger partial charge in [-0.1, -0.05) is 35.9 Å². The molecule has 3 aromatic carbocycles. The predicted octanol–water partition coefficient (Wildman–Crippen LogP) is 3.47. The predicted molar refractivity (Wildman–Crippen MR) is 150 cm³/mol. The van der Waals surface area contributed by atoms with Crippen LogP contribution >= 0.6 is 11.6 Å². The van der Waals surface area contributed by atoms with Gasteiger partial charge in [-0.25, -0.2) is 13.2 Å². The smallest absolute Gasteiger partial charge is 0.328 e. The molecule has 4 rings (SSSR count). The van der Waals surface area contributed by atoms with E-state index in [-0.39, 0.29) is 28.4 Å². The molecule has 0 bridgehead atoms. The quantitative estimate of drug-likeness (QED) is 0.344. The number of carbonyl (C=O) groups is 3. The molecule has 1 aliphatic rings. The first-order valence-electron chi connectivity index (χ1n) is 12.3. The van der Waals surface area contributed by atoms with E-state index in [2.05, 4.69) is 10.6 Å². The highest BCUT2D eigenvalue weighted by atomic mass is 35.5. The molecule has 0 aliphatic carbocycles. The number of sulfonamides is 1. The van der Waals surface area contributed by atoms with Crippen LogP contribution in [0.1, 0.15) is 23.1 Å². The lowest BCUT2D eigenvalue weighted by Gasteiger charge is -2.37. The zero-order valence-corrected chi connectivity index (χ0v) is 23.5. The molecule has 0 radical (unpaired) electrons. The van der Waals surface area contributed by atoms with E-state index in [4.69, 9.17) is 16.3 Å². The fraction of sp³-hybridized carbons (Fsp3) is 0.250. The first-order chi connectivity index (χ1) is 18.9. The van der Waals surface area contributed by atoms with Gasteiger partial charge >= 0.3 is 5.97 Å². The Morgan fingerprint density at radius 3 is 2.45 bits per heavy atom. The van der Waals surface area contributed by atoms with Crippen molar-refractivity contribution in [3.05, 3.63) is 82.4 Å². The maximum atomic E-state index is 14.1. The fourth-order valence-corrected chi connectivity index (χ4v) is 6.65. The Kier molecular flexibility index (Phi) is 8.36. The number of aryl methyl sites for hydroxylation is 2. The van der Waals surface area contributed by atoms with Gasteiger partial charge in [0.05, 0.1) is 29.8 Å². The third kappa shape index (κ3) is 5.90.